The first kappa shape index (κ1) is 17.9. The highest BCUT2D eigenvalue weighted by atomic mass is 16.5. The van der Waals surface area contributed by atoms with E-state index in [1.165, 1.54) is 6.08 Å². The molecule has 0 heterocycles. The second-order valence-electron chi connectivity index (χ2n) is 4.15. The van der Waals surface area contributed by atoms with Crippen LogP contribution in [0.5, 0.6) is 0 Å². The van der Waals surface area contributed by atoms with Crippen LogP contribution in [0.15, 0.2) is 23.8 Å². The second kappa shape index (κ2) is 13.3. The van der Waals surface area contributed by atoms with Crippen molar-refractivity contribution in [2.24, 2.45) is 0 Å². The van der Waals surface area contributed by atoms with Crippen LogP contribution in [0.3, 0.4) is 0 Å². The Labute approximate surface area is 122 Å². The summed E-state index contributed by atoms with van der Waals surface area (Å²) in [6, 6.07) is 0. The zero-order chi connectivity index (χ0) is 15.1. The average Bonchev–Trinajstić information content (AvgIpc) is 2.43. The van der Waals surface area contributed by atoms with Gasteiger partial charge in [0.1, 0.15) is 12.7 Å². The maximum absolute atomic E-state index is 11.2. The lowest BCUT2D eigenvalue weighted by atomic mass is 10.1. The van der Waals surface area contributed by atoms with Gasteiger partial charge in [-0.3, -0.25) is 0 Å². The van der Waals surface area contributed by atoms with E-state index in [9.17, 15) is 4.79 Å². The van der Waals surface area contributed by atoms with Crippen LogP contribution >= 0.6 is 0 Å². The molecule has 0 saturated carbocycles. The molecule has 0 fully saturated rings. The monoisotopic (exact) mass is 274 g/mol. The van der Waals surface area contributed by atoms with Gasteiger partial charge in [0, 0.05) is 13.0 Å². The third-order valence-electron chi connectivity index (χ3n) is 2.32. The van der Waals surface area contributed by atoms with E-state index in [2.05, 4.69) is 17.9 Å². The lowest BCUT2D eigenvalue weighted by molar-refractivity contribution is -0.136. The van der Waals surface area contributed by atoms with E-state index < -0.39 is 5.97 Å². The lowest BCUT2D eigenvalue weighted by Crippen LogP contribution is -2.00. The summed E-state index contributed by atoms with van der Waals surface area (Å²) >= 11 is 0. The van der Waals surface area contributed by atoms with Gasteiger partial charge in [0.15, 0.2) is 6.61 Å². The minimum absolute atomic E-state index is 0.0107. The van der Waals surface area contributed by atoms with Crippen molar-refractivity contribution in [2.45, 2.75) is 39.5 Å². The molecule has 0 aliphatic carbocycles. The van der Waals surface area contributed by atoms with E-state index in [1.807, 2.05) is 19.1 Å². The Balaban J connectivity index is 3.67. The van der Waals surface area contributed by atoms with E-state index in [1.54, 1.807) is 6.92 Å². The maximum atomic E-state index is 11.2. The molecule has 0 aliphatic rings. The number of carbonyl (C=O) groups is 1. The van der Waals surface area contributed by atoms with Crippen molar-refractivity contribution < 1.29 is 14.3 Å². The van der Waals surface area contributed by atoms with Crippen molar-refractivity contribution in [1.82, 2.24) is 0 Å². The maximum Gasteiger partial charge on any atom is 0.331 e. The molecular formula is C17H22O3. The van der Waals surface area contributed by atoms with Crippen LogP contribution in [0.1, 0.15) is 39.5 Å². The first-order chi connectivity index (χ1) is 9.70. The number of ether oxygens (including phenoxy) is 2. The molecule has 108 valence electrons. The fourth-order valence-electron chi connectivity index (χ4n) is 1.39. The van der Waals surface area contributed by atoms with Gasteiger partial charge in [-0.25, -0.2) is 4.79 Å². The van der Waals surface area contributed by atoms with Crippen molar-refractivity contribution in [3.63, 3.8) is 0 Å². The normalized spacial score (nSPS) is 10.6. The van der Waals surface area contributed by atoms with Gasteiger partial charge in [0.25, 0.3) is 0 Å². The summed E-state index contributed by atoms with van der Waals surface area (Å²) in [5, 5.41) is 0. The molecule has 0 N–H and O–H groups in total. The predicted octanol–water partition coefficient (Wildman–Crippen LogP) is 3.22. The number of rotatable bonds is 9. The van der Waals surface area contributed by atoms with Gasteiger partial charge >= 0.3 is 5.97 Å². The van der Waals surface area contributed by atoms with Crippen LogP contribution in [0.4, 0.5) is 0 Å². The molecule has 0 atom stereocenters. The summed E-state index contributed by atoms with van der Waals surface area (Å²) in [6.07, 6.45) is 17.1. The van der Waals surface area contributed by atoms with Crippen molar-refractivity contribution >= 4 is 5.97 Å². The SMILES string of the molecule is C#CCOC(=O)/C=C(C)/C=C/CCCCCOC#CC. The minimum Gasteiger partial charge on any atom is -0.449 e. The molecule has 0 bridgehead atoms. The second-order valence-corrected chi connectivity index (χ2v) is 4.15. The first-order valence-electron chi connectivity index (χ1n) is 6.69. The smallest absolute Gasteiger partial charge is 0.331 e. The molecule has 0 spiro atoms. The summed E-state index contributed by atoms with van der Waals surface area (Å²) in [7, 11) is 0. The lowest BCUT2D eigenvalue weighted by Gasteiger charge is -1.98. The summed E-state index contributed by atoms with van der Waals surface area (Å²) in [5.41, 5.74) is 0.855. The van der Waals surface area contributed by atoms with E-state index >= 15 is 0 Å². The fourth-order valence-corrected chi connectivity index (χ4v) is 1.39. The van der Waals surface area contributed by atoms with E-state index in [0.29, 0.717) is 6.61 Å². The largest absolute Gasteiger partial charge is 0.449 e. The summed E-state index contributed by atoms with van der Waals surface area (Å²) in [5.74, 6) is 4.53. The van der Waals surface area contributed by atoms with Gasteiger partial charge in [-0.05, 0) is 38.2 Å². The van der Waals surface area contributed by atoms with Gasteiger partial charge in [0.2, 0.25) is 0 Å². The highest BCUT2D eigenvalue weighted by molar-refractivity contribution is 5.83. The molecule has 0 amide bonds. The van der Waals surface area contributed by atoms with Gasteiger partial charge in [-0.15, -0.1) is 6.42 Å². The van der Waals surface area contributed by atoms with Crippen LogP contribution in [0.2, 0.25) is 0 Å². The van der Waals surface area contributed by atoms with Crippen LogP contribution in [-0.2, 0) is 14.3 Å². The molecule has 0 aromatic heterocycles. The van der Waals surface area contributed by atoms with Gasteiger partial charge in [0.05, 0.1) is 0 Å². The number of unbranched alkanes of at least 4 members (excludes halogenated alkanes) is 3. The Kier molecular flexibility index (Phi) is 11.9. The Morgan fingerprint density at radius 2 is 2.10 bits per heavy atom. The quantitative estimate of drug-likeness (QED) is 0.213. The molecule has 3 nitrogen and oxygen atoms in total. The highest BCUT2D eigenvalue weighted by Crippen LogP contribution is 2.03. The summed E-state index contributed by atoms with van der Waals surface area (Å²) in [6.45, 7) is 4.30. The van der Waals surface area contributed by atoms with E-state index in [0.717, 1.165) is 31.3 Å². The molecule has 0 aromatic carbocycles. The summed E-state index contributed by atoms with van der Waals surface area (Å²) in [4.78, 5) is 11.2. The fraction of sp³-hybridized carbons (Fsp3) is 0.471. The van der Waals surface area contributed by atoms with Crippen molar-refractivity contribution in [2.75, 3.05) is 13.2 Å². The number of esters is 1. The van der Waals surface area contributed by atoms with Crippen molar-refractivity contribution in [1.29, 1.82) is 0 Å². The van der Waals surface area contributed by atoms with E-state index in [-0.39, 0.29) is 6.61 Å². The topological polar surface area (TPSA) is 35.5 Å². The first-order valence-corrected chi connectivity index (χ1v) is 6.69. The van der Waals surface area contributed by atoms with Crippen LogP contribution in [0, 0.1) is 24.4 Å². The number of carbonyl (C=O) groups excluding carboxylic acids is 1. The zero-order valence-corrected chi connectivity index (χ0v) is 12.3. The number of allylic oxidation sites excluding steroid dienone is 3. The molecule has 0 aliphatic heterocycles. The predicted molar refractivity (Wildman–Crippen MR) is 80.6 cm³/mol. The Morgan fingerprint density at radius 3 is 2.80 bits per heavy atom. The zero-order valence-electron chi connectivity index (χ0n) is 12.3. The Morgan fingerprint density at radius 1 is 1.30 bits per heavy atom. The molecule has 20 heavy (non-hydrogen) atoms. The van der Waals surface area contributed by atoms with E-state index in [4.69, 9.17) is 15.9 Å². The van der Waals surface area contributed by atoms with Gasteiger partial charge in [-0.2, -0.15) is 0 Å². The third kappa shape index (κ3) is 12.3. The number of terminal acetylenes is 1. The van der Waals surface area contributed by atoms with Crippen LogP contribution in [0.25, 0.3) is 0 Å². The third-order valence-corrected chi connectivity index (χ3v) is 2.32. The average molecular weight is 274 g/mol. The van der Waals surface area contributed by atoms with Crippen molar-refractivity contribution in [3.05, 3.63) is 23.8 Å². The minimum atomic E-state index is -0.403. The molecule has 0 saturated heterocycles. The molecule has 0 aromatic rings. The highest BCUT2D eigenvalue weighted by Gasteiger charge is 1.95. The number of hydrogen-bond acceptors (Lipinski definition) is 3. The molecule has 0 radical (unpaired) electrons. The van der Waals surface area contributed by atoms with Crippen molar-refractivity contribution in [3.8, 4) is 24.4 Å². The Hall–Kier alpha value is -2.13. The summed E-state index contributed by atoms with van der Waals surface area (Å²) < 4.78 is 9.79. The van der Waals surface area contributed by atoms with Crippen LogP contribution in [-0.4, -0.2) is 19.2 Å². The van der Waals surface area contributed by atoms with Crippen LogP contribution < -0.4 is 0 Å². The molecule has 3 heteroatoms. The molecule has 0 unspecified atom stereocenters. The molecule has 0 rings (SSSR count). The Bertz CT molecular complexity index is 427. The standard InChI is InChI=1S/C17H22O3/c1-4-12-19-14-10-8-6-7-9-11-16(3)15-17(18)20-13-5-2/h2,9,11,15H,6-8,10,13-14H2,1,3H3/b11-9+,16-15+. The van der Waals surface area contributed by atoms with Gasteiger partial charge in [-0.1, -0.05) is 24.0 Å². The molecular weight excluding hydrogens is 252 g/mol. The number of hydrogen-bond donors (Lipinski definition) is 0. The van der Waals surface area contributed by atoms with Gasteiger partial charge < -0.3 is 9.47 Å².